The molecule has 27 heavy (non-hydrogen) atoms. The van der Waals surface area contributed by atoms with Crippen LogP contribution in [0.5, 0.6) is 17.2 Å². The summed E-state index contributed by atoms with van der Waals surface area (Å²) in [6.07, 6.45) is 0.0940. The molecule has 0 aromatic heterocycles. The molecule has 2 aromatic carbocycles. The van der Waals surface area contributed by atoms with Crippen molar-refractivity contribution in [2.75, 3.05) is 24.7 Å². The molecule has 2 aliphatic rings. The van der Waals surface area contributed by atoms with Crippen molar-refractivity contribution in [3.63, 3.8) is 0 Å². The Labute approximate surface area is 161 Å². The molecule has 2 heterocycles. The predicted octanol–water partition coefficient (Wildman–Crippen LogP) is 3.38. The van der Waals surface area contributed by atoms with Crippen LogP contribution < -0.4 is 19.1 Å². The Morgan fingerprint density at radius 2 is 1.93 bits per heavy atom. The van der Waals surface area contributed by atoms with E-state index in [1.165, 1.54) is 0 Å². The van der Waals surface area contributed by atoms with E-state index in [4.69, 9.17) is 25.8 Å². The first-order valence-corrected chi connectivity index (χ1v) is 9.07. The lowest BCUT2D eigenvalue weighted by Crippen LogP contribution is -2.27. The van der Waals surface area contributed by atoms with Gasteiger partial charge in [-0.1, -0.05) is 17.7 Å². The number of nitrogens with zero attached hydrogens (tertiary/aromatic N) is 1. The monoisotopic (exact) mass is 387 g/mol. The molecule has 0 N–H and O–H groups in total. The highest BCUT2D eigenvalue weighted by molar-refractivity contribution is 6.32. The Bertz CT molecular complexity index is 913. The van der Waals surface area contributed by atoms with Crippen LogP contribution in [0.2, 0.25) is 5.02 Å². The number of rotatable bonds is 3. The SMILES string of the molecule is Cc1ccc(Cl)c(OC(=O)[C@H]2CC(=O)N(c3ccc4c(c3)OCCO4)C2)c1. The molecule has 0 bridgehead atoms. The Hall–Kier alpha value is -2.73. The van der Waals surface area contributed by atoms with Gasteiger partial charge >= 0.3 is 5.97 Å². The van der Waals surface area contributed by atoms with Gasteiger partial charge in [0.15, 0.2) is 11.5 Å². The van der Waals surface area contributed by atoms with Crippen LogP contribution in [0.15, 0.2) is 36.4 Å². The van der Waals surface area contributed by atoms with Gasteiger partial charge in [-0.3, -0.25) is 9.59 Å². The van der Waals surface area contributed by atoms with Gasteiger partial charge in [0, 0.05) is 24.7 Å². The van der Waals surface area contributed by atoms with E-state index in [0.717, 1.165) is 5.56 Å². The number of hydrogen-bond acceptors (Lipinski definition) is 5. The number of hydrogen-bond donors (Lipinski definition) is 0. The van der Waals surface area contributed by atoms with E-state index in [0.29, 0.717) is 41.2 Å². The van der Waals surface area contributed by atoms with Crippen molar-refractivity contribution in [1.82, 2.24) is 0 Å². The molecule has 4 rings (SSSR count). The van der Waals surface area contributed by atoms with Crippen molar-refractivity contribution in [2.45, 2.75) is 13.3 Å². The fourth-order valence-electron chi connectivity index (χ4n) is 3.20. The van der Waals surface area contributed by atoms with E-state index in [1.54, 1.807) is 35.2 Å². The number of halogens is 1. The van der Waals surface area contributed by atoms with Gasteiger partial charge in [-0.15, -0.1) is 0 Å². The largest absolute Gasteiger partial charge is 0.486 e. The number of anilines is 1. The van der Waals surface area contributed by atoms with Gasteiger partial charge in [-0.05, 0) is 36.8 Å². The number of amides is 1. The lowest BCUT2D eigenvalue weighted by Gasteiger charge is -2.22. The zero-order chi connectivity index (χ0) is 19.0. The summed E-state index contributed by atoms with van der Waals surface area (Å²) in [4.78, 5) is 26.6. The van der Waals surface area contributed by atoms with E-state index < -0.39 is 11.9 Å². The molecule has 7 heteroatoms. The molecule has 1 atom stereocenters. The lowest BCUT2D eigenvalue weighted by atomic mass is 10.1. The topological polar surface area (TPSA) is 65.1 Å². The van der Waals surface area contributed by atoms with Crippen molar-refractivity contribution in [3.8, 4) is 17.2 Å². The summed E-state index contributed by atoms with van der Waals surface area (Å²) in [6.45, 7) is 3.11. The van der Waals surface area contributed by atoms with Crippen LogP contribution in [-0.2, 0) is 9.59 Å². The number of fused-ring (bicyclic) bond motifs is 1. The number of carbonyl (C=O) groups excluding carboxylic acids is 2. The van der Waals surface area contributed by atoms with E-state index in [2.05, 4.69) is 0 Å². The first kappa shape index (κ1) is 17.7. The van der Waals surface area contributed by atoms with Crippen LogP contribution in [0.1, 0.15) is 12.0 Å². The highest BCUT2D eigenvalue weighted by Crippen LogP contribution is 2.36. The second-order valence-corrected chi connectivity index (χ2v) is 7.00. The zero-order valence-electron chi connectivity index (χ0n) is 14.7. The molecule has 2 aromatic rings. The first-order chi connectivity index (χ1) is 13.0. The highest BCUT2D eigenvalue weighted by atomic mass is 35.5. The summed E-state index contributed by atoms with van der Waals surface area (Å²) in [5.41, 5.74) is 1.61. The van der Waals surface area contributed by atoms with Gasteiger partial charge in [-0.25, -0.2) is 0 Å². The third-order valence-electron chi connectivity index (χ3n) is 4.59. The minimum atomic E-state index is -0.553. The van der Waals surface area contributed by atoms with Gasteiger partial charge in [0.2, 0.25) is 5.91 Å². The third kappa shape index (κ3) is 3.57. The van der Waals surface area contributed by atoms with E-state index in [-0.39, 0.29) is 18.9 Å². The molecule has 1 amide bonds. The van der Waals surface area contributed by atoms with E-state index in [1.807, 2.05) is 13.0 Å². The summed E-state index contributed by atoms with van der Waals surface area (Å²) < 4.78 is 16.5. The van der Waals surface area contributed by atoms with Gasteiger partial charge in [0.25, 0.3) is 0 Å². The maximum absolute atomic E-state index is 12.5. The summed E-state index contributed by atoms with van der Waals surface area (Å²) >= 11 is 6.09. The van der Waals surface area contributed by atoms with Crippen LogP contribution in [0, 0.1) is 12.8 Å². The first-order valence-electron chi connectivity index (χ1n) is 8.69. The molecule has 1 saturated heterocycles. The normalized spacial score (nSPS) is 18.5. The molecule has 140 valence electrons. The van der Waals surface area contributed by atoms with E-state index in [9.17, 15) is 9.59 Å². The molecular formula is C20H18ClNO5. The van der Waals surface area contributed by atoms with Crippen molar-refractivity contribution in [1.29, 1.82) is 0 Å². The fraction of sp³-hybridized carbons (Fsp3) is 0.300. The van der Waals surface area contributed by atoms with Crippen LogP contribution in [0.4, 0.5) is 5.69 Å². The Morgan fingerprint density at radius 3 is 2.74 bits per heavy atom. The number of ether oxygens (including phenoxy) is 3. The number of carbonyl (C=O) groups is 2. The second-order valence-electron chi connectivity index (χ2n) is 6.59. The van der Waals surface area contributed by atoms with E-state index >= 15 is 0 Å². The van der Waals surface area contributed by atoms with Crippen LogP contribution >= 0.6 is 11.6 Å². The molecule has 0 unspecified atom stereocenters. The minimum absolute atomic E-state index is 0.0940. The summed E-state index contributed by atoms with van der Waals surface area (Å²) in [5.74, 6) is 0.417. The van der Waals surface area contributed by atoms with Gasteiger partial charge in [0.05, 0.1) is 10.9 Å². The number of aryl methyl sites for hydroxylation is 1. The van der Waals surface area contributed by atoms with Crippen LogP contribution in [0.25, 0.3) is 0 Å². The van der Waals surface area contributed by atoms with Crippen molar-refractivity contribution in [2.24, 2.45) is 5.92 Å². The van der Waals surface area contributed by atoms with Crippen molar-refractivity contribution >= 4 is 29.2 Å². The van der Waals surface area contributed by atoms with Gasteiger partial charge < -0.3 is 19.1 Å². The maximum Gasteiger partial charge on any atom is 0.316 e. The second kappa shape index (κ2) is 7.12. The van der Waals surface area contributed by atoms with Gasteiger partial charge in [-0.2, -0.15) is 0 Å². The molecule has 1 fully saturated rings. The Morgan fingerprint density at radius 1 is 1.15 bits per heavy atom. The van der Waals surface area contributed by atoms with Crippen molar-refractivity contribution in [3.05, 3.63) is 47.0 Å². The molecule has 0 spiro atoms. The lowest BCUT2D eigenvalue weighted by molar-refractivity contribution is -0.139. The third-order valence-corrected chi connectivity index (χ3v) is 4.91. The fourth-order valence-corrected chi connectivity index (χ4v) is 3.35. The smallest absolute Gasteiger partial charge is 0.316 e. The van der Waals surface area contributed by atoms with Crippen molar-refractivity contribution < 1.29 is 23.8 Å². The standard InChI is InChI=1S/C20H18ClNO5/c1-12-2-4-15(21)17(8-12)27-20(24)13-9-19(23)22(11-13)14-3-5-16-18(10-14)26-7-6-25-16/h2-5,8,10,13H,6-7,9,11H2,1H3/t13-/m0/s1. The number of esters is 1. The molecule has 2 aliphatic heterocycles. The van der Waals surface area contributed by atoms with Crippen LogP contribution in [-0.4, -0.2) is 31.6 Å². The zero-order valence-corrected chi connectivity index (χ0v) is 15.5. The molecule has 0 saturated carbocycles. The van der Waals surface area contributed by atoms with Gasteiger partial charge in [0.1, 0.15) is 19.0 Å². The summed E-state index contributed by atoms with van der Waals surface area (Å²) in [7, 11) is 0. The summed E-state index contributed by atoms with van der Waals surface area (Å²) in [6, 6.07) is 10.5. The minimum Gasteiger partial charge on any atom is -0.486 e. The number of benzene rings is 2. The highest BCUT2D eigenvalue weighted by Gasteiger charge is 2.37. The molecule has 0 radical (unpaired) electrons. The maximum atomic E-state index is 12.5. The molecule has 6 nitrogen and oxygen atoms in total. The summed E-state index contributed by atoms with van der Waals surface area (Å²) in [5, 5.41) is 0.363. The van der Waals surface area contributed by atoms with Crippen LogP contribution in [0.3, 0.4) is 0 Å². The quantitative estimate of drug-likeness (QED) is 0.596. The average Bonchev–Trinajstić information content (AvgIpc) is 3.06. The predicted molar refractivity (Wildman–Crippen MR) is 99.7 cm³/mol. The average molecular weight is 388 g/mol. The Kier molecular flexibility index (Phi) is 4.66. The Balaban J connectivity index is 1.49. The molecular weight excluding hydrogens is 370 g/mol. The molecule has 0 aliphatic carbocycles.